The number of pyridine rings is 1. The van der Waals surface area contributed by atoms with Gasteiger partial charge in [0.15, 0.2) is 5.65 Å². The molecule has 2 aromatic rings. The second-order valence-corrected chi connectivity index (χ2v) is 3.75. The molecule has 0 N–H and O–H groups in total. The number of halogens is 2. The van der Waals surface area contributed by atoms with Crippen molar-refractivity contribution < 1.29 is 0 Å². The standard InChI is InChI=1S/C6H3Br2N3/c7-4-1-5(8)11-6(2-4)9-3-10-11/h1-3H. The third kappa shape index (κ3) is 1.18. The molecule has 0 aliphatic rings. The molecule has 11 heavy (non-hydrogen) atoms. The van der Waals surface area contributed by atoms with Gasteiger partial charge in [-0.3, -0.25) is 0 Å². The van der Waals surface area contributed by atoms with Crippen LogP contribution in [0.5, 0.6) is 0 Å². The van der Waals surface area contributed by atoms with Gasteiger partial charge in [0, 0.05) is 4.47 Å². The number of rotatable bonds is 0. The smallest absolute Gasteiger partial charge is 0.157 e. The first-order chi connectivity index (χ1) is 5.27. The van der Waals surface area contributed by atoms with Crippen LogP contribution in [-0.4, -0.2) is 14.6 Å². The van der Waals surface area contributed by atoms with Crippen molar-refractivity contribution in [1.82, 2.24) is 14.6 Å². The molecule has 0 aliphatic heterocycles. The molecule has 0 unspecified atom stereocenters. The lowest BCUT2D eigenvalue weighted by Gasteiger charge is -1.95. The summed E-state index contributed by atoms with van der Waals surface area (Å²) in [6, 6.07) is 3.82. The molecule has 0 saturated heterocycles. The molecule has 2 rings (SSSR count). The van der Waals surface area contributed by atoms with Gasteiger partial charge < -0.3 is 0 Å². The van der Waals surface area contributed by atoms with E-state index in [1.165, 1.54) is 6.33 Å². The van der Waals surface area contributed by atoms with Gasteiger partial charge in [-0.15, -0.1) is 0 Å². The van der Waals surface area contributed by atoms with Crippen LogP contribution in [0.4, 0.5) is 0 Å². The molecule has 0 aromatic carbocycles. The lowest BCUT2D eigenvalue weighted by atomic mass is 10.5. The second-order valence-electron chi connectivity index (χ2n) is 2.03. The summed E-state index contributed by atoms with van der Waals surface area (Å²) >= 11 is 6.71. The van der Waals surface area contributed by atoms with Gasteiger partial charge in [-0.05, 0) is 28.1 Å². The highest BCUT2D eigenvalue weighted by Crippen LogP contribution is 2.18. The number of hydrogen-bond acceptors (Lipinski definition) is 2. The minimum atomic E-state index is 0.825. The van der Waals surface area contributed by atoms with Gasteiger partial charge >= 0.3 is 0 Å². The zero-order chi connectivity index (χ0) is 7.84. The highest BCUT2D eigenvalue weighted by molar-refractivity contribution is 9.11. The molecule has 0 radical (unpaired) electrons. The first-order valence-electron chi connectivity index (χ1n) is 2.92. The van der Waals surface area contributed by atoms with E-state index in [2.05, 4.69) is 41.9 Å². The molecule has 2 aromatic heterocycles. The Morgan fingerprint density at radius 3 is 2.91 bits per heavy atom. The summed E-state index contributed by atoms with van der Waals surface area (Å²) in [5.74, 6) is 0. The summed E-state index contributed by atoms with van der Waals surface area (Å²) in [6.07, 6.45) is 1.52. The van der Waals surface area contributed by atoms with E-state index in [0.29, 0.717) is 0 Å². The molecule has 5 heteroatoms. The van der Waals surface area contributed by atoms with Crippen molar-refractivity contribution in [2.75, 3.05) is 0 Å². The van der Waals surface area contributed by atoms with E-state index in [0.717, 1.165) is 14.7 Å². The van der Waals surface area contributed by atoms with Crippen LogP contribution in [0, 0.1) is 0 Å². The molecular formula is C6H3Br2N3. The lowest BCUT2D eigenvalue weighted by Crippen LogP contribution is -1.88. The molecule has 0 bridgehead atoms. The first-order valence-corrected chi connectivity index (χ1v) is 4.51. The Balaban J connectivity index is 2.91. The SMILES string of the molecule is Brc1cc(Br)n2ncnc2c1. The molecular weight excluding hydrogens is 274 g/mol. The summed E-state index contributed by atoms with van der Waals surface area (Å²) in [4.78, 5) is 4.03. The highest BCUT2D eigenvalue weighted by Gasteiger charge is 2.00. The van der Waals surface area contributed by atoms with Gasteiger partial charge in [0.05, 0.1) is 0 Å². The largest absolute Gasteiger partial charge is 0.215 e. The van der Waals surface area contributed by atoms with Gasteiger partial charge in [-0.2, -0.15) is 5.10 Å². The zero-order valence-corrected chi connectivity index (χ0v) is 8.50. The molecule has 0 fully saturated rings. The molecule has 0 saturated carbocycles. The van der Waals surface area contributed by atoms with Crippen LogP contribution in [0.1, 0.15) is 0 Å². The Morgan fingerprint density at radius 1 is 1.27 bits per heavy atom. The van der Waals surface area contributed by atoms with Gasteiger partial charge in [-0.1, -0.05) is 15.9 Å². The fourth-order valence-electron chi connectivity index (χ4n) is 0.853. The molecule has 56 valence electrons. The molecule has 0 aliphatic carbocycles. The number of aromatic nitrogens is 3. The normalized spacial score (nSPS) is 10.7. The Hall–Kier alpha value is -0.420. The minimum Gasteiger partial charge on any atom is -0.215 e. The van der Waals surface area contributed by atoms with Crippen LogP contribution in [0.3, 0.4) is 0 Å². The van der Waals surface area contributed by atoms with E-state index in [9.17, 15) is 0 Å². The van der Waals surface area contributed by atoms with Crippen molar-refractivity contribution in [3.8, 4) is 0 Å². The molecule has 0 amide bonds. The van der Waals surface area contributed by atoms with E-state index in [4.69, 9.17) is 0 Å². The summed E-state index contributed by atoms with van der Waals surface area (Å²) < 4.78 is 3.59. The molecule has 3 nitrogen and oxygen atoms in total. The van der Waals surface area contributed by atoms with Crippen LogP contribution in [0.15, 0.2) is 27.5 Å². The Labute approximate surface area is 79.7 Å². The fourth-order valence-corrected chi connectivity index (χ4v) is 2.10. The van der Waals surface area contributed by atoms with E-state index < -0.39 is 0 Å². The van der Waals surface area contributed by atoms with Crippen LogP contribution < -0.4 is 0 Å². The van der Waals surface area contributed by atoms with Gasteiger partial charge in [-0.25, -0.2) is 9.50 Å². The second kappa shape index (κ2) is 2.57. The third-order valence-electron chi connectivity index (χ3n) is 1.30. The Morgan fingerprint density at radius 2 is 2.09 bits per heavy atom. The van der Waals surface area contributed by atoms with Crippen molar-refractivity contribution in [2.45, 2.75) is 0 Å². The van der Waals surface area contributed by atoms with Crippen molar-refractivity contribution in [3.63, 3.8) is 0 Å². The number of hydrogen-bond donors (Lipinski definition) is 0. The van der Waals surface area contributed by atoms with Gasteiger partial charge in [0.1, 0.15) is 10.9 Å². The van der Waals surface area contributed by atoms with Crippen molar-refractivity contribution in [3.05, 3.63) is 27.5 Å². The third-order valence-corrected chi connectivity index (χ3v) is 2.32. The van der Waals surface area contributed by atoms with Crippen molar-refractivity contribution in [1.29, 1.82) is 0 Å². The fraction of sp³-hybridized carbons (Fsp3) is 0. The topological polar surface area (TPSA) is 30.2 Å². The van der Waals surface area contributed by atoms with Crippen molar-refractivity contribution >= 4 is 37.5 Å². The molecule has 0 spiro atoms. The predicted molar refractivity (Wildman–Crippen MR) is 48.4 cm³/mol. The average Bonchev–Trinajstić information content (AvgIpc) is 2.34. The zero-order valence-electron chi connectivity index (χ0n) is 5.33. The Bertz CT molecular complexity index is 396. The molecule has 0 atom stereocenters. The van der Waals surface area contributed by atoms with E-state index in [1.54, 1.807) is 4.52 Å². The minimum absolute atomic E-state index is 0.825. The monoisotopic (exact) mass is 275 g/mol. The maximum atomic E-state index is 4.03. The van der Waals surface area contributed by atoms with Crippen LogP contribution in [0.2, 0.25) is 0 Å². The van der Waals surface area contributed by atoms with Gasteiger partial charge in [0.25, 0.3) is 0 Å². The predicted octanol–water partition coefficient (Wildman–Crippen LogP) is 2.25. The van der Waals surface area contributed by atoms with Gasteiger partial charge in [0.2, 0.25) is 0 Å². The number of fused-ring (bicyclic) bond motifs is 1. The lowest BCUT2D eigenvalue weighted by molar-refractivity contribution is 0.933. The van der Waals surface area contributed by atoms with E-state index in [1.807, 2.05) is 12.1 Å². The average molecular weight is 277 g/mol. The summed E-state index contributed by atoms with van der Waals surface area (Å²) in [5, 5.41) is 4.00. The summed E-state index contributed by atoms with van der Waals surface area (Å²) in [5.41, 5.74) is 0.825. The maximum absolute atomic E-state index is 4.03. The van der Waals surface area contributed by atoms with Crippen LogP contribution in [-0.2, 0) is 0 Å². The summed E-state index contributed by atoms with van der Waals surface area (Å²) in [7, 11) is 0. The van der Waals surface area contributed by atoms with Crippen LogP contribution >= 0.6 is 31.9 Å². The quantitative estimate of drug-likeness (QED) is 0.691. The van der Waals surface area contributed by atoms with E-state index >= 15 is 0 Å². The van der Waals surface area contributed by atoms with Crippen LogP contribution in [0.25, 0.3) is 5.65 Å². The highest BCUT2D eigenvalue weighted by atomic mass is 79.9. The summed E-state index contributed by atoms with van der Waals surface area (Å²) in [6.45, 7) is 0. The Kier molecular flexibility index (Phi) is 1.69. The number of nitrogens with zero attached hydrogens (tertiary/aromatic N) is 3. The van der Waals surface area contributed by atoms with E-state index in [-0.39, 0.29) is 0 Å². The van der Waals surface area contributed by atoms with Crippen molar-refractivity contribution in [2.24, 2.45) is 0 Å². The maximum Gasteiger partial charge on any atom is 0.157 e. The molecule has 2 heterocycles. The first kappa shape index (κ1) is 7.24.